The van der Waals surface area contributed by atoms with E-state index in [9.17, 15) is 9.59 Å². The van der Waals surface area contributed by atoms with E-state index < -0.39 is 17.5 Å². The van der Waals surface area contributed by atoms with Gasteiger partial charge >= 0.3 is 0 Å². The summed E-state index contributed by atoms with van der Waals surface area (Å²) < 4.78 is 0. The summed E-state index contributed by atoms with van der Waals surface area (Å²) in [4.78, 5) is 24.6. The molecule has 0 aliphatic heterocycles. The SMILES string of the molecule is CC(NC(=O)C(C)(N)c1ccccc1)C(=O)NCc1ccccc1. The van der Waals surface area contributed by atoms with Crippen molar-refractivity contribution >= 4 is 11.8 Å². The Balaban J connectivity index is 1.92. The van der Waals surface area contributed by atoms with Gasteiger partial charge in [-0.2, -0.15) is 0 Å². The second-order valence-electron chi connectivity index (χ2n) is 5.97. The first-order valence-corrected chi connectivity index (χ1v) is 7.88. The van der Waals surface area contributed by atoms with Gasteiger partial charge in [0.05, 0.1) is 0 Å². The topological polar surface area (TPSA) is 84.2 Å². The largest absolute Gasteiger partial charge is 0.350 e. The molecule has 2 aromatic carbocycles. The third kappa shape index (κ3) is 4.43. The summed E-state index contributed by atoms with van der Waals surface area (Å²) in [6.45, 7) is 3.68. The minimum atomic E-state index is -1.20. The van der Waals surface area contributed by atoms with Gasteiger partial charge in [0.2, 0.25) is 11.8 Å². The van der Waals surface area contributed by atoms with E-state index in [1.165, 1.54) is 0 Å². The lowest BCUT2D eigenvalue weighted by Crippen LogP contribution is -2.54. The highest BCUT2D eigenvalue weighted by molar-refractivity contribution is 5.92. The van der Waals surface area contributed by atoms with Gasteiger partial charge in [-0.15, -0.1) is 0 Å². The van der Waals surface area contributed by atoms with Gasteiger partial charge in [-0.1, -0.05) is 60.7 Å². The van der Waals surface area contributed by atoms with Crippen LogP contribution in [0.5, 0.6) is 0 Å². The Labute approximate surface area is 142 Å². The summed E-state index contributed by atoms with van der Waals surface area (Å²) in [5.74, 6) is -0.646. The molecule has 24 heavy (non-hydrogen) atoms. The van der Waals surface area contributed by atoms with Gasteiger partial charge in [0.1, 0.15) is 11.6 Å². The highest BCUT2D eigenvalue weighted by Crippen LogP contribution is 2.17. The maximum atomic E-state index is 12.4. The minimum Gasteiger partial charge on any atom is -0.350 e. The zero-order valence-electron chi connectivity index (χ0n) is 14.0. The van der Waals surface area contributed by atoms with Crippen LogP contribution in [0.25, 0.3) is 0 Å². The van der Waals surface area contributed by atoms with Gasteiger partial charge in [-0.05, 0) is 25.0 Å². The minimum absolute atomic E-state index is 0.254. The van der Waals surface area contributed by atoms with Gasteiger partial charge in [0, 0.05) is 6.54 Å². The van der Waals surface area contributed by atoms with Crippen molar-refractivity contribution in [1.82, 2.24) is 10.6 Å². The average molecular weight is 325 g/mol. The Bertz CT molecular complexity index is 684. The van der Waals surface area contributed by atoms with Gasteiger partial charge < -0.3 is 16.4 Å². The Morgan fingerprint density at radius 1 is 1.04 bits per heavy atom. The lowest BCUT2D eigenvalue weighted by Gasteiger charge is -2.26. The number of carbonyl (C=O) groups is 2. The van der Waals surface area contributed by atoms with E-state index >= 15 is 0 Å². The van der Waals surface area contributed by atoms with Gasteiger partial charge in [0.15, 0.2) is 0 Å². The zero-order valence-corrected chi connectivity index (χ0v) is 14.0. The number of amides is 2. The lowest BCUT2D eigenvalue weighted by molar-refractivity contribution is -0.131. The smallest absolute Gasteiger partial charge is 0.245 e. The fraction of sp³-hybridized carbons (Fsp3) is 0.263. The van der Waals surface area contributed by atoms with Crippen molar-refractivity contribution in [3.63, 3.8) is 0 Å². The van der Waals surface area contributed by atoms with Gasteiger partial charge in [-0.3, -0.25) is 9.59 Å². The Morgan fingerprint density at radius 2 is 1.58 bits per heavy atom. The molecule has 2 aromatic rings. The fourth-order valence-electron chi connectivity index (χ4n) is 2.27. The molecule has 2 amide bonds. The van der Waals surface area contributed by atoms with Crippen molar-refractivity contribution in [2.75, 3.05) is 0 Å². The van der Waals surface area contributed by atoms with Crippen LogP contribution in [0.1, 0.15) is 25.0 Å². The van der Waals surface area contributed by atoms with Crippen LogP contribution in [0.2, 0.25) is 0 Å². The van der Waals surface area contributed by atoms with E-state index in [1.807, 2.05) is 48.5 Å². The lowest BCUT2D eigenvalue weighted by atomic mass is 9.92. The first-order valence-electron chi connectivity index (χ1n) is 7.88. The highest BCUT2D eigenvalue weighted by atomic mass is 16.2. The van der Waals surface area contributed by atoms with E-state index in [0.29, 0.717) is 12.1 Å². The molecule has 0 aromatic heterocycles. The molecule has 0 saturated heterocycles. The molecular formula is C19H23N3O2. The molecule has 4 N–H and O–H groups in total. The molecule has 0 aliphatic carbocycles. The summed E-state index contributed by atoms with van der Waals surface area (Å²) in [5.41, 5.74) is 6.64. The number of benzene rings is 2. The van der Waals surface area contributed by atoms with Crippen LogP contribution in [0, 0.1) is 0 Å². The predicted octanol–water partition coefficient (Wildman–Crippen LogP) is 1.68. The van der Waals surface area contributed by atoms with Crippen molar-refractivity contribution in [2.24, 2.45) is 5.73 Å². The Kier molecular flexibility index (Phi) is 5.71. The van der Waals surface area contributed by atoms with Crippen LogP contribution in [0.4, 0.5) is 0 Å². The molecule has 0 spiro atoms. The summed E-state index contributed by atoms with van der Waals surface area (Å²) in [7, 11) is 0. The van der Waals surface area contributed by atoms with Crippen molar-refractivity contribution < 1.29 is 9.59 Å². The van der Waals surface area contributed by atoms with Gasteiger partial charge in [-0.25, -0.2) is 0 Å². The average Bonchev–Trinajstić information content (AvgIpc) is 2.61. The number of hydrogen-bond donors (Lipinski definition) is 3. The molecule has 5 heteroatoms. The van der Waals surface area contributed by atoms with Crippen LogP contribution in [-0.4, -0.2) is 17.9 Å². The molecule has 0 radical (unpaired) electrons. The van der Waals surface area contributed by atoms with Crippen LogP contribution < -0.4 is 16.4 Å². The van der Waals surface area contributed by atoms with E-state index in [1.54, 1.807) is 26.0 Å². The van der Waals surface area contributed by atoms with Crippen molar-refractivity contribution in [3.05, 3.63) is 71.8 Å². The first kappa shape index (κ1) is 17.7. The van der Waals surface area contributed by atoms with E-state index in [-0.39, 0.29) is 5.91 Å². The number of rotatable bonds is 6. The maximum Gasteiger partial charge on any atom is 0.245 e. The standard InChI is InChI=1S/C19H23N3O2/c1-14(17(23)21-13-15-9-5-3-6-10-15)22-18(24)19(2,20)16-11-7-4-8-12-16/h3-12,14H,13,20H2,1-2H3,(H,21,23)(H,22,24). The van der Waals surface area contributed by atoms with Crippen LogP contribution in [0.3, 0.4) is 0 Å². The molecule has 0 heterocycles. The molecule has 0 fully saturated rings. The summed E-state index contributed by atoms with van der Waals surface area (Å²) >= 11 is 0. The van der Waals surface area contributed by atoms with Crippen molar-refractivity contribution in [2.45, 2.75) is 32.0 Å². The molecule has 0 bridgehead atoms. The third-order valence-electron chi connectivity index (χ3n) is 3.90. The van der Waals surface area contributed by atoms with Crippen molar-refractivity contribution in [1.29, 1.82) is 0 Å². The van der Waals surface area contributed by atoms with E-state index in [2.05, 4.69) is 10.6 Å². The monoisotopic (exact) mass is 325 g/mol. The van der Waals surface area contributed by atoms with E-state index in [4.69, 9.17) is 5.73 Å². The molecule has 2 rings (SSSR count). The predicted molar refractivity (Wildman–Crippen MR) is 93.9 cm³/mol. The first-order chi connectivity index (χ1) is 11.4. The summed E-state index contributed by atoms with van der Waals surface area (Å²) in [6, 6.07) is 18.0. The van der Waals surface area contributed by atoms with Gasteiger partial charge in [0.25, 0.3) is 0 Å². The molecule has 0 aliphatic rings. The second kappa shape index (κ2) is 7.75. The normalized spacial score (nSPS) is 14.3. The summed E-state index contributed by atoms with van der Waals surface area (Å²) in [5, 5.41) is 5.48. The molecular weight excluding hydrogens is 302 g/mol. The fourth-order valence-corrected chi connectivity index (χ4v) is 2.27. The summed E-state index contributed by atoms with van der Waals surface area (Å²) in [6.07, 6.45) is 0. The van der Waals surface area contributed by atoms with Crippen molar-refractivity contribution in [3.8, 4) is 0 Å². The highest BCUT2D eigenvalue weighted by Gasteiger charge is 2.32. The maximum absolute atomic E-state index is 12.4. The number of carbonyl (C=O) groups excluding carboxylic acids is 2. The quantitative estimate of drug-likeness (QED) is 0.755. The third-order valence-corrected chi connectivity index (χ3v) is 3.90. The Morgan fingerprint density at radius 3 is 2.17 bits per heavy atom. The van der Waals surface area contributed by atoms with Crippen LogP contribution in [0.15, 0.2) is 60.7 Å². The zero-order chi connectivity index (χ0) is 17.6. The number of nitrogens with one attached hydrogen (secondary N) is 2. The van der Waals surface area contributed by atoms with Crippen LogP contribution in [-0.2, 0) is 21.7 Å². The molecule has 0 saturated carbocycles. The molecule has 2 unspecified atom stereocenters. The molecule has 126 valence electrons. The Hall–Kier alpha value is -2.66. The molecule has 2 atom stereocenters. The molecule has 5 nitrogen and oxygen atoms in total. The second-order valence-corrected chi connectivity index (χ2v) is 5.97. The number of nitrogens with two attached hydrogens (primary N) is 1. The number of hydrogen-bond acceptors (Lipinski definition) is 3. The van der Waals surface area contributed by atoms with Crippen LogP contribution >= 0.6 is 0 Å². The van der Waals surface area contributed by atoms with E-state index in [0.717, 1.165) is 5.56 Å².